The van der Waals surface area contributed by atoms with Crippen LogP contribution in [0.15, 0.2) is 47.1 Å². The lowest BCUT2D eigenvalue weighted by Crippen LogP contribution is -2.34. The summed E-state index contributed by atoms with van der Waals surface area (Å²) in [5.41, 5.74) is 0.814. The maximum Gasteiger partial charge on any atom is 0.251 e. The van der Waals surface area contributed by atoms with E-state index < -0.39 is 6.10 Å². The molecule has 0 bridgehead atoms. The number of amides is 2. The van der Waals surface area contributed by atoms with Gasteiger partial charge in [-0.15, -0.1) is 0 Å². The molecule has 2 unspecified atom stereocenters. The quantitative estimate of drug-likeness (QED) is 0.759. The maximum absolute atomic E-state index is 12.2. The summed E-state index contributed by atoms with van der Waals surface area (Å²) in [7, 11) is 1.53. The smallest absolute Gasteiger partial charge is 0.251 e. The highest BCUT2D eigenvalue weighted by atomic mass is 16.4. The fourth-order valence-corrected chi connectivity index (χ4v) is 2.24. The lowest BCUT2D eigenvalue weighted by Gasteiger charge is -2.17. The van der Waals surface area contributed by atoms with Crippen LogP contribution in [0.4, 0.5) is 0 Å². The highest BCUT2D eigenvalue weighted by Crippen LogP contribution is 2.18. The van der Waals surface area contributed by atoms with Crippen LogP contribution in [-0.4, -0.2) is 30.0 Å². The van der Waals surface area contributed by atoms with Gasteiger partial charge in [-0.05, 0) is 37.3 Å². The Morgan fingerprint density at radius 3 is 2.48 bits per heavy atom. The summed E-state index contributed by atoms with van der Waals surface area (Å²) in [4.78, 5) is 23.8. The molecule has 1 aromatic carbocycles. The number of aliphatic hydroxyl groups excluding tert-OH is 1. The first-order valence-corrected chi connectivity index (χ1v) is 7.35. The first-order chi connectivity index (χ1) is 11.0. The summed E-state index contributed by atoms with van der Waals surface area (Å²) in [6.07, 6.45) is 1.04. The molecule has 122 valence electrons. The van der Waals surface area contributed by atoms with E-state index in [1.54, 1.807) is 37.3 Å². The Bertz CT molecular complexity index is 667. The van der Waals surface area contributed by atoms with Gasteiger partial charge in [-0.2, -0.15) is 0 Å². The molecule has 2 aromatic rings. The molecular weight excluding hydrogens is 296 g/mol. The number of hydrogen-bond donors (Lipinski definition) is 3. The van der Waals surface area contributed by atoms with Crippen LogP contribution in [0, 0.1) is 0 Å². The number of aliphatic hydroxyl groups is 1. The van der Waals surface area contributed by atoms with Crippen molar-refractivity contribution in [1.29, 1.82) is 0 Å². The van der Waals surface area contributed by atoms with Crippen molar-refractivity contribution in [1.82, 2.24) is 10.6 Å². The van der Waals surface area contributed by atoms with Gasteiger partial charge in [0, 0.05) is 30.6 Å². The van der Waals surface area contributed by atoms with Gasteiger partial charge >= 0.3 is 0 Å². The maximum atomic E-state index is 12.2. The minimum Gasteiger partial charge on any atom is -0.467 e. The van der Waals surface area contributed by atoms with Crippen LogP contribution in [0.25, 0.3) is 0 Å². The van der Waals surface area contributed by atoms with Crippen LogP contribution in [0.2, 0.25) is 0 Å². The van der Waals surface area contributed by atoms with Crippen molar-refractivity contribution in [2.45, 2.75) is 25.5 Å². The van der Waals surface area contributed by atoms with Crippen LogP contribution in [0.1, 0.15) is 45.9 Å². The zero-order valence-corrected chi connectivity index (χ0v) is 13.1. The second kappa shape index (κ2) is 7.60. The largest absolute Gasteiger partial charge is 0.467 e. The molecule has 0 saturated carbocycles. The molecule has 2 amide bonds. The summed E-state index contributed by atoms with van der Waals surface area (Å²) in [5, 5.41) is 15.3. The van der Waals surface area contributed by atoms with Crippen molar-refractivity contribution < 1.29 is 19.1 Å². The molecule has 0 aliphatic carbocycles. The molecule has 0 aliphatic rings. The normalized spacial score (nSPS) is 13.2. The summed E-state index contributed by atoms with van der Waals surface area (Å²) < 4.78 is 5.13. The van der Waals surface area contributed by atoms with Gasteiger partial charge in [0.25, 0.3) is 11.8 Å². The molecule has 2 rings (SSSR count). The van der Waals surface area contributed by atoms with Crippen molar-refractivity contribution in [3.05, 3.63) is 59.5 Å². The molecule has 0 aliphatic heterocycles. The summed E-state index contributed by atoms with van der Waals surface area (Å²) in [5.74, 6) is -0.0800. The third kappa shape index (κ3) is 4.43. The third-order valence-corrected chi connectivity index (χ3v) is 3.44. The number of hydrogen-bond acceptors (Lipinski definition) is 4. The van der Waals surface area contributed by atoms with E-state index in [0.29, 0.717) is 23.3 Å². The predicted molar refractivity (Wildman–Crippen MR) is 85.0 cm³/mol. The molecule has 0 fully saturated rings. The van der Waals surface area contributed by atoms with Crippen LogP contribution >= 0.6 is 0 Å². The Kier molecular flexibility index (Phi) is 5.54. The first-order valence-electron chi connectivity index (χ1n) is 7.35. The monoisotopic (exact) mass is 316 g/mol. The topological polar surface area (TPSA) is 91.6 Å². The Balaban J connectivity index is 1.97. The van der Waals surface area contributed by atoms with Gasteiger partial charge in [0.15, 0.2) is 0 Å². The van der Waals surface area contributed by atoms with Gasteiger partial charge in [0.2, 0.25) is 0 Å². The molecule has 1 aromatic heterocycles. The van der Waals surface area contributed by atoms with Crippen molar-refractivity contribution >= 4 is 11.8 Å². The van der Waals surface area contributed by atoms with E-state index >= 15 is 0 Å². The van der Waals surface area contributed by atoms with Crippen molar-refractivity contribution in [2.75, 3.05) is 7.05 Å². The predicted octanol–water partition coefficient (Wildman–Crippen LogP) is 1.88. The molecule has 0 spiro atoms. The molecule has 2 atom stereocenters. The Morgan fingerprint density at radius 1 is 1.17 bits per heavy atom. The zero-order valence-electron chi connectivity index (χ0n) is 13.1. The molecule has 23 heavy (non-hydrogen) atoms. The lowest BCUT2D eigenvalue weighted by atomic mass is 10.1. The molecule has 6 nitrogen and oxygen atoms in total. The van der Waals surface area contributed by atoms with E-state index in [9.17, 15) is 14.7 Å². The van der Waals surface area contributed by atoms with E-state index in [1.807, 2.05) is 0 Å². The van der Waals surface area contributed by atoms with Crippen molar-refractivity contribution in [3.63, 3.8) is 0 Å². The number of furan rings is 1. The third-order valence-electron chi connectivity index (χ3n) is 3.44. The summed E-state index contributed by atoms with van der Waals surface area (Å²) in [6.45, 7) is 1.80. The fraction of sp³-hybridized carbons (Fsp3) is 0.294. The first kappa shape index (κ1) is 16.8. The Hall–Kier alpha value is -2.60. The molecule has 1 heterocycles. The lowest BCUT2D eigenvalue weighted by molar-refractivity contribution is 0.0903. The number of carbonyl (C=O) groups excluding carboxylic acids is 2. The van der Waals surface area contributed by atoms with Gasteiger partial charge in [0.05, 0.1) is 6.26 Å². The summed E-state index contributed by atoms with van der Waals surface area (Å²) >= 11 is 0. The van der Waals surface area contributed by atoms with Crippen molar-refractivity contribution in [2.24, 2.45) is 0 Å². The average molecular weight is 316 g/mol. The van der Waals surface area contributed by atoms with Crippen LogP contribution < -0.4 is 10.6 Å². The SMILES string of the molecule is CNC(=O)c1cccc(C(=O)NC(C)CC(O)c2ccco2)c1. The number of benzene rings is 1. The van der Waals surface area contributed by atoms with E-state index in [-0.39, 0.29) is 17.9 Å². The van der Waals surface area contributed by atoms with E-state index in [2.05, 4.69) is 10.6 Å². The van der Waals surface area contributed by atoms with Gasteiger partial charge in [-0.1, -0.05) is 6.07 Å². The van der Waals surface area contributed by atoms with Crippen LogP contribution in [0.5, 0.6) is 0 Å². The second-order valence-electron chi connectivity index (χ2n) is 5.30. The van der Waals surface area contributed by atoms with Gasteiger partial charge in [-0.3, -0.25) is 9.59 Å². The standard InChI is InChI=1S/C17H20N2O4/c1-11(9-14(20)15-7-4-8-23-15)19-17(22)13-6-3-5-12(10-13)16(21)18-2/h3-8,10-11,14,20H,9H2,1-2H3,(H,18,21)(H,19,22). The number of rotatable bonds is 6. The highest BCUT2D eigenvalue weighted by Gasteiger charge is 2.17. The number of nitrogens with one attached hydrogen (secondary N) is 2. The molecular formula is C17H20N2O4. The zero-order chi connectivity index (χ0) is 16.8. The summed E-state index contributed by atoms with van der Waals surface area (Å²) in [6, 6.07) is 9.59. The highest BCUT2D eigenvalue weighted by molar-refractivity contribution is 5.99. The fourth-order valence-electron chi connectivity index (χ4n) is 2.24. The van der Waals surface area contributed by atoms with Crippen LogP contribution in [-0.2, 0) is 0 Å². The van der Waals surface area contributed by atoms with E-state index in [1.165, 1.54) is 19.4 Å². The molecule has 0 radical (unpaired) electrons. The Morgan fingerprint density at radius 2 is 1.87 bits per heavy atom. The van der Waals surface area contributed by atoms with Gasteiger partial charge in [-0.25, -0.2) is 0 Å². The Labute approximate surface area is 134 Å². The van der Waals surface area contributed by atoms with E-state index in [0.717, 1.165) is 0 Å². The molecule has 0 saturated heterocycles. The second-order valence-corrected chi connectivity index (χ2v) is 5.30. The minimum atomic E-state index is -0.780. The minimum absolute atomic E-state index is 0.249. The molecule has 3 N–H and O–H groups in total. The molecule has 6 heteroatoms. The number of carbonyl (C=O) groups is 2. The van der Waals surface area contributed by atoms with E-state index in [4.69, 9.17) is 4.42 Å². The van der Waals surface area contributed by atoms with Gasteiger partial charge < -0.3 is 20.2 Å². The van der Waals surface area contributed by atoms with Crippen LogP contribution in [0.3, 0.4) is 0 Å². The van der Waals surface area contributed by atoms with Gasteiger partial charge in [0.1, 0.15) is 11.9 Å². The van der Waals surface area contributed by atoms with Crippen molar-refractivity contribution in [3.8, 4) is 0 Å². The average Bonchev–Trinajstić information content (AvgIpc) is 3.08.